The third-order valence-electron chi connectivity index (χ3n) is 6.23. The standard InChI is InChI=1S/C20H26N4O3/c1-12(2)20(3,27)19(26)23-9-14-5-6-15(10-23)24(14)18(25)13-4-7-16-17(8-13)22-11-21-16/h4,7-8,11-12,14-15,27H,5-6,9-10H2,1-3H3,(H,21,22)/t14-,15+,20?. The number of hydrogen-bond donors (Lipinski definition) is 2. The first-order chi connectivity index (χ1) is 12.8. The predicted molar refractivity (Wildman–Crippen MR) is 101 cm³/mol. The summed E-state index contributed by atoms with van der Waals surface area (Å²) < 4.78 is 0. The Morgan fingerprint density at radius 3 is 2.56 bits per heavy atom. The van der Waals surface area contributed by atoms with Crippen molar-refractivity contribution in [1.29, 1.82) is 0 Å². The molecule has 2 amide bonds. The van der Waals surface area contributed by atoms with Crippen molar-refractivity contribution < 1.29 is 14.7 Å². The molecular formula is C20H26N4O3. The number of piperazine rings is 1. The van der Waals surface area contributed by atoms with E-state index in [0.717, 1.165) is 23.9 Å². The Morgan fingerprint density at radius 1 is 1.26 bits per heavy atom. The molecule has 0 saturated carbocycles. The molecule has 2 N–H and O–H groups in total. The van der Waals surface area contributed by atoms with Gasteiger partial charge in [0.25, 0.3) is 11.8 Å². The van der Waals surface area contributed by atoms with Crippen LogP contribution < -0.4 is 0 Å². The van der Waals surface area contributed by atoms with Gasteiger partial charge in [-0.05, 0) is 43.9 Å². The number of benzene rings is 1. The molecule has 7 nitrogen and oxygen atoms in total. The van der Waals surface area contributed by atoms with Gasteiger partial charge >= 0.3 is 0 Å². The van der Waals surface area contributed by atoms with Crippen LogP contribution in [0.3, 0.4) is 0 Å². The molecule has 144 valence electrons. The van der Waals surface area contributed by atoms with Crippen molar-refractivity contribution >= 4 is 22.8 Å². The molecule has 1 aromatic carbocycles. The summed E-state index contributed by atoms with van der Waals surface area (Å²) in [6.45, 7) is 6.24. The maximum Gasteiger partial charge on any atom is 0.254 e. The lowest BCUT2D eigenvalue weighted by Gasteiger charge is -2.43. The van der Waals surface area contributed by atoms with Crippen LogP contribution in [-0.2, 0) is 4.79 Å². The monoisotopic (exact) mass is 370 g/mol. The van der Waals surface area contributed by atoms with Crippen LogP contribution in [0.15, 0.2) is 24.5 Å². The zero-order valence-electron chi connectivity index (χ0n) is 16.0. The summed E-state index contributed by atoms with van der Waals surface area (Å²) in [4.78, 5) is 36.9. The molecule has 2 fully saturated rings. The molecular weight excluding hydrogens is 344 g/mol. The number of imidazole rings is 1. The Balaban J connectivity index is 1.54. The van der Waals surface area contributed by atoms with Crippen LogP contribution in [0, 0.1) is 5.92 Å². The number of hydrogen-bond acceptors (Lipinski definition) is 4. The van der Waals surface area contributed by atoms with Crippen LogP contribution in [-0.4, -0.2) is 67.5 Å². The van der Waals surface area contributed by atoms with E-state index < -0.39 is 5.60 Å². The summed E-state index contributed by atoms with van der Waals surface area (Å²) >= 11 is 0. The van der Waals surface area contributed by atoms with Crippen molar-refractivity contribution in [1.82, 2.24) is 19.8 Å². The van der Waals surface area contributed by atoms with Crippen molar-refractivity contribution in [2.45, 2.75) is 51.3 Å². The van der Waals surface area contributed by atoms with Gasteiger partial charge in [-0.25, -0.2) is 4.98 Å². The van der Waals surface area contributed by atoms with Crippen LogP contribution in [0.1, 0.15) is 44.0 Å². The molecule has 27 heavy (non-hydrogen) atoms. The lowest BCUT2D eigenvalue weighted by Crippen LogP contribution is -2.61. The van der Waals surface area contributed by atoms with Crippen molar-refractivity contribution in [3.8, 4) is 0 Å². The van der Waals surface area contributed by atoms with Crippen molar-refractivity contribution in [2.75, 3.05) is 13.1 Å². The fraction of sp³-hybridized carbons (Fsp3) is 0.550. The fourth-order valence-electron chi connectivity index (χ4n) is 4.19. The fourth-order valence-corrected chi connectivity index (χ4v) is 4.19. The number of H-pyrrole nitrogens is 1. The SMILES string of the molecule is CC(C)C(C)(O)C(=O)N1C[C@H]2CC[C@@H](C1)N2C(=O)c1ccc2nc[nH]c2c1. The first-order valence-electron chi connectivity index (χ1n) is 9.56. The molecule has 2 aromatic rings. The zero-order valence-corrected chi connectivity index (χ0v) is 16.0. The Kier molecular flexibility index (Phi) is 4.22. The van der Waals surface area contributed by atoms with Gasteiger partial charge in [0.1, 0.15) is 5.60 Å². The van der Waals surface area contributed by atoms with E-state index in [-0.39, 0.29) is 29.8 Å². The van der Waals surface area contributed by atoms with E-state index in [2.05, 4.69) is 9.97 Å². The number of nitrogens with one attached hydrogen (secondary N) is 1. The number of aliphatic hydroxyl groups is 1. The highest BCUT2D eigenvalue weighted by Crippen LogP contribution is 2.33. The van der Waals surface area contributed by atoms with E-state index in [0.29, 0.717) is 18.7 Å². The Bertz CT molecular complexity index is 874. The van der Waals surface area contributed by atoms with Crippen molar-refractivity contribution in [3.05, 3.63) is 30.1 Å². The van der Waals surface area contributed by atoms with E-state index in [1.807, 2.05) is 36.9 Å². The van der Waals surface area contributed by atoms with Crippen LogP contribution >= 0.6 is 0 Å². The third kappa shape index (κ3) is 2.90. The maximum atomic E-state index is 13.1. The molecule has 1 aromatic heterocycles. The highest BCUT2D eigenvalue weighted by Gasteiger charge is 2.47. The number of fused-ring (bicyclic) bond motifs is 3. The molecule has 2 bridgehead atoms. The Labute approximate surface area is 158 Å². The first kappa shape index (κ1) is 18.0. The van der Waals surface area contributed by atoms with Crippen LogP contribution in [0.4, 0.5) is 0 Å². The third-order valence-corrected chi connectivity index (χ3v) is 6.23. The molecule has 2 aliphatic rings. The number of aromatic amines is 1. The van der Waals surface area contributed by atoms with E-state index in [1.165, 1.54) is 0 Å². The lowest BCUT2D eigenvalue weighted by molar-refractivity contribution is -0.156. The molecule has 1 unspecified atom stereocenters. The van der Waals surface area contributed by atoms with Gasteiger partial charge in [-0.2, -0.15) is 0 Å². The number of likely N-dealkylation sites (tertiary alicyclic amines) is 1. The Morgan fingerprint density at radius 2 is 1.93 bits per heavy atom. The number of aromatic nitrogens is 2. The predicted octanol–water partition coefficient (Wildman–Crippen LogP) is 1.79. The van der Waals surface area contributed by atoms with Gasteiger partial charge < -0.3 is 19.9 Å². The average molecular weight is 370 g/mol. The topological polar surface area (TPSA) is 89.5 Å². The van der Waals surface area contributed by atoms with Gasteiger partial charge in [0.15, 0.2) is 0 Å². The number of amides is 2. The van der Waals surface area contributed by atoms with Crippen molar-refractivity contribution in [2.24, 2.45) is 5.92 Å². The largest absolute Gasteiger partial charge is 0.380 e. The smallest absolute Gasteiger partial charge is 0.254 e. The minimum absolute atomic E-state index is 0.000580. The molecule has 0 aliphatic carbocycles. The molecule has 3 atom stereocenters. The van der Waals surface area contributed by atoms with Gasteiger partial charge in [0, 0.05) is 18.7 Å². The summed E-state index contributed by atoms with van der Waals surface area (Å²) in [6.07, 6.45) is 3.39. The van der Waals surface area contributed by atoms with Crippen LogP contribution in [0.5, 0.6) is 0 Å². The first-order valence-corrected chi connectivity index (χ1v) is 9.56. The van der Waals surface area contributed by atoms with Gasteiger partial charge in [-0.1, -0.05) is 13.8 Å². The van der Waals surface area contributed by atoms with Crippen LogP contribution in [0.2, 0.25) is 0 Å². The molecule has 0 spiro atoms. The van der Waals surface area contributed by atoms with Gasteiger partial charge in [-0.3, -0.25) is 9.59 Å². The average Bonchev–Trinajstić information content (AvgIpc) is 3.21. The van der Waals surface area contributed by atoms with E-state index in [1.54, 1.807) is 18.2 Å². The number of nitrogens with zero attached hydrogens (tertiary/aromatic N) is 3. The highest BCUT2D eigenvalue weighted by molar-refractivity contribution is 5.98. The lowest BCUT2D eigenvalue weighted by atomic mass is 9.90. The zero-order chi connectivity index (χ0) is 19.3. The van der Waals surface area contributed by atoms with Crippen molar-refractivity contribution in [3.63, 3.8) is 0 Å². The highest BCUT2D eigenvalue weighted by atomic mass is 16.3. The summed E-state index contributed by atoms with van der Waals surface area (Å²) in [6, 6.07) is 5.50. The quantitative estimate of drug-likeness (QED) is 0.862. The second-order valence-electron chi connectivity index (χ2n) is 8.24. The Hall–Kier alpha value is -2.41. The number of rotatable bonds is 3. The van der Waals surface area contributed by atoms with E-state index in [4.69, 9.17) is 0 Å². The second-order valence-corrected chi connectivity index (χ2v) is 8.24. The molecule has 0 radical (unpaired) electrons. The van der Waals surface area contributed by atoms with Gasteiger partial charge in [0.05, 0.1) is 29.4 Å². The van der Waals surface area contributed by atoms with Gasteiger partial charge in [0.2, 0.25) is 0 Å². The maximum absolute atomic E-state index is 13.1. The van der Waals surface area contributed by atoms with Crippen LogP contribution in [0.25, 0.3) is 11.0 Å². The molecule has 2 saturated heterocycles. The number of carbonyl (C=O) groups is 2. The summed E-state index contributed by atoms with van der Waals surface area (Å²) in [5, 5.41) is 10.6. The molecule has 3 heterocycles. The molecule has 7 heteroatoms. The summed E-state index contributed by atoms with van der Waals surface area (Å²) in [7, 11) is 0. The minimum Gasteiger partial charge on any atom is -0.380 e. The minimum atomic E-state index is -1.38. The summed E-state index contributed by atoms with van der Waals surface area (Å²) in [5.74, 6) is -0.398. The second kappa shape index (κ2) is 6.34. The van der Waals surface area contributed by atoms with E-state index in [9.17, 15) is 14.7 Å². The van der Waals surface area contributed by atoms with Gasteiger partial charge in [-0.15, -0.1) is 0 Å². The summed E-state index contributed by atoms with van der Waals surface area (Å²) in [5.41, 5.74) is 0.936. The molecule has 2 aliphatic heterocycles. The molecule has 4 rings (SSSR count). The van der Waals surface area contributed by atoms with E-state index >= 15 is 0 Å². The normalized spacial score (nSPS) is 24.5. The number of carbonyl (C=O) groups excluding carboxylic acids is 2.